The van der Waals surface area contributed by atoms with Gasteiger partial charge in [0, 0.05) is 42.2 Å². The van der Waals surface area contributed by atoms with E-state index in [1.807, 2.05) is 24.3 Å². The summed E-state index contributed by atoms with van der Waals surface area (Å²) in [6.45, 7) is 0.579. The van der Waals surface area contributed by atoms with Crippen LogP contribution in [0.4, 0.5) is 4.79 Å². The second kappa shape index (κ2) is 9.46. The molecular formula is C24H25N5O4S. The second-order valence-electron chi connectivity index (χ2n) is 8.51. The fraction of sp³-hybridized carbons (Fsp3) is 0.375. The first kappa shape index (κ1) is 22.4. The quantitative estimate of drug-likeness (QED) is 0.220. The van der Waals surface area contributed by atoms with Crippen LogP contribution in [0, 0.1) is 0 Å². The molecule has 0 unspecified atom stereocenters. The fourth-order valence-corrected chi connectivity index (χ4v) is 5.47. The van der Waals surface area contributed by atoms with Crippen LogP contribution in [0.15, 0.2) is 52.3 Å². The third-order valence-corrected chi connectivity index (χ3v) is 7.24. The number of fused-ring (bicyclic) bond motifs is 1. The van der Waals surface area contributed by atoms with Gasteiger partial charge >= 0.3 is 6.03 Å². The van der Waals surface area contributed by atoms with E-state index in [2.05, 4.69) is 20.6 Å². The standard InChI is InChI=1S/C24H25N5O4S/c30-20(25-13-6-14-29-21(31)24(28-23(29)32)9-3-4-10-24)19-17(15-34-22-26-11-5-12-27-22)16-7-1-2-8-18(16)33-19/h1-2,5,7-8,11-12H,3-4,6,9-10,13-15H2,(H,25,30)(H,28,32). The van der Waals surface area contributed by atoms with Crippen molar-refractivity contribution in [3.8, 4) is 0 Å². The van der Waals surface area contributed by atoms with Gasteiger partial charge in [0.25, 0.3) is 11.8 Å². The Morgan fingerprint density at radius 3 is 2.71 bits per heavy atom. The van der Waals surface area contributed by atoms with Gasteiger partial charge in [-0.2, -0.15) is 0 Å². The fourth-order valence-electron chi connectivity index (χ4n) is 4.64. The van der Waals surface area contributed by atoms with E-state index in [-0.39, 0.29) is 30.2 Å². The third kappa shape index (κ3) is 4.25. The van der Waals surface area contributed by atoms with Crippen molar-refractivity contribution < 1.29 is 18.8 Å². The van der Waals surface area contributed by atoms with E-state index in [0.29, 0.717) is 42.3 Å². The average Bonchev–Trinajstić information content (AvgIpc) is 3.53. The molecule has 1 saturated carbocycles. The SMILES string of the molecule is O=C(NCCCN1C(=O)NC2(CCCC2)C1=O)c1oc2ccccc2c1CSc1ncccn1. The highest BCUT2D eigenvalue weighted by Crippen LogP contribution is 2.35. The normalized spacial score (nSPS) is 17.0. The summed E-state index contributed by atoms with van der Waals surface area (Å²) in [6.07, 6.45) is 7.11. The number of carbonyl (C=O) groups excluding carboxylic acids is 3. The van der Waals surface area contributed by atoms with E-state index in [4.69, 9.17) is 4.42 Å². The molecule has 4 amide bonds. The van der Waals surface area contributed by atoms with Crippen molar-refractivity contribution in [2.75, 3.05) is 13.1 Å². The minimum Gasteiger partial charge on any atom is -0.451 e. The second-order valence-corrected chi connectivity index (χ2v) is 9.45. The van der Waals surface area contributed by atoms with Crippen molar-refractivity contribution in [1.82, 2.24) is 25.5 Å². The number of hydrogen-bond donors (Lipinski definition) is 2. The van der Waals surface area contributed by atoms with E-state index < -0.39 is 5.54 Å². The van der Waals surface area contributed by atoms with Crippen molar-refractivity contribution in [2.24, 2.45) is 0 Å². The molecule has 10 heteroatoms. The van der Waals surface area contributed by atoms with Crippen molar-refractivity contribution in [2.45, 2.75) is 48.6 Å². The monoisotopic (exact) mass is 479 g/mol. The maximum atomic E-state index is 13.0. The first-order chi connectivity index (χ1) is 16.6. The maximum Gasteiger partial charge on any atom is 0.325 e. The van der Waals surface area contributed by atoms with Crippen molar-refractivity contribution in [3.63, 3.8) is 0 Å². The summed E-state index contributed by atoms with van der Waals surface area (Å²) >= 11 is 1.43. The van der Waals surface area contributed by atoms with Gasteiger partial charge < -0.3 is 15.1 Å². The highest BCUT2D eigenvalue weighted by Gasteiger charge is 2.52. The van der Waals surface area contributed by atoms with Crippen LogP contribution in [0.5, 0.6) is 0 Å². The smallest absolute Gasteiger partial charge is 0.325 e. The zero-order valence-corrected chi connectivity index (χ0v) is 19.4. The Morgan fingerprint density at radius 1 is 1.15 bits per heavy atom. The predicted molar refractivity (Wildman–Crippen MR) is 126 cm³/mol. The number of rotatable bonds is 8. The molecule has 2 N–H and O–H groups in total. The van der Waals surface area contributed by atoms with Gasteiger partial charge in [0.15, 0.2) is 10.9 Å². The third-order valence-electron chi connectivity index (χ3n) is 6.34. The number of nitrogens with one attached hydrogen (secondary N) is 2. The van der Waals surface area contributed by atoms with Gasteiger partial charge in [-0.15, -0.1) is 0 Å². The zero-order valence-electron chi connectivity index (χ0n) is 18.6. The van der Waals surface area contributed by atoms with E-state index in [1.165, 1.54) is 16.7 Å². The number of amides is 4. The molecule has 0 bridgehead atoms. The van der Waals surface area contributed by atoms with E-state index in [0.717, 1.165) is 23.8 Å². The lowest BCUT2D eigenvalue weighted by Gasteiger charge is -2.20. The highest BCUT2D eigenvalue weighted by molar-refractivity contribution is 7.98. The Balaban J connectivity index is 1.21. The first-order valence-corrected chi connectivity index (χ1v) is 12.4. The number of imide groups is 1. The maximum absolute atomic E-state index is 13.0. The zero-order chi connectivity index (χ0) is 23.5. The summed E-state index contributed by atoms with van der Waals surface area (Å²) < 4.78 is 5.88. The Bertz CT molecular complexity index is 1220. The summed E-state index contributed by atoms with van der Waals surface area (Å²) in [5, 5.41) is 7.24. The molecule has 1 saturated heterocycles. The lowest BCUT2D eigenvalue weighted by Crippen LogP contribution is -2.44. The van der Waals surface area contributed by atoms with Crippen LogP contribution < -0.4 is 10.6 Å². The topological polar surface area (TPSA) is 117 Å². The number of para-hydroxylation sites is 1. The van der Waals surface area contributed by atoms with Crippen LogP contribution in [0.3, 0.4) is 0 Å². The van der Waals surface area contributed by atoms with Gasteiger partial charge in [0.2, 0.25) is 0 Å². The molecule has 1 aliphatic heterocycles. The molecule has 2 aliphatic rings. The predicted octanol–water partition coefficient (Wildman–Crippen LogP) is 3.50. The number of nitrogens with zero attached hydrogens (tertiary/aromatic N) is 3. The van der Waals surface area contributed by atoms with Gasteiger partial charge in [-0.05, 0) is 31.4 Å². The number of thioether (sulfide) groups is 1. The molecule has 1 aliphatic carbocycles. The summed E-state index contributed by atoms with van der Waals surface area (Å²) in [6, 6.07) is 8.94. The van der Waals surface area contributed by atoms with Crippen molar-refractivity contribution >= 4 is 40.6 Å². The van der Waals surface area contributed by atoms with Crippen LogP contribution in [0.25, 0.3) is 11.0 Å². The molecule has 3 aromatic rings. The van der Waals surface area contributed by atoms with Gasteiger partial charge in [0.05, 0.1) is 0 Å². The lowest BCUT2D eigenvalue weighted by molar-refractivity contribution is -0.131. The van der Waals surface area contributed by atoms with E-state index >= 15 is 0 Å². The van der Waals surface area contributed by atoms with E-state index in [9.17, 15) is 14.4 Å². The summed E-state index contributed by atoms with van der Waals surface area (Å²) in [5.74, 6) is 0.268. The number of furan rings is 1. The Labute approximate surface area is 200 Å². The Hall–Kier alpha value is -3.40. The van der Waals surface area contributed by atoms with E-state index in [1.54, 1.807) is 18.5 Å². The van der Waals surface area contributed by atoms with Crippen LogP contribution >= 0.6 is 11.8 Å². The summed E-state index contributed by atoms with van der Waals surface area (Å²) in [5.41, 5.74) is 0.713. The Kier molecular flexibility index (Phi) is 6.23. The molecule has 9 nitrogen and oxygen atoms in total. The highest BCUT2D eigenvalue weighted by atomic mass is 32.2. The number of aromatic nitrogens is 2. The van der Waals surface area contributed by atoms with Gasteiger partial charge in [-0.3, -0.25) is 14.5 Å². The molecular weight excluding hydrogens is 454 g/mol. The van der Waals surface area contributed by atoms with Gasteiger partial charge in [0.1, 0.15) is 11.1 Å². The number of carbonyl (C=O) groups is 3. The molecule has 5 rings (SSSR count). The molecule has 2 fully saturated rings. The van der Waals surface area contributed by atoms with Crippen LogP contribution in [0.2, 0.25) is 0 Å². The molecule has 176 valence electrons. The van der Waals surface area contributed by atoms with Crippen molar-refractivity contribution in [3.05, 3.63) is 54.0 Å². The van der Waals surface area contributed by atoms with Crippen LogP contribution in [-0.2, 0) is 10.5 Å². The molecule has 1 aromatic carbocycles. The van der Waals surface area contributed by atoms with Crippen molar-refractivity contribution in [1.29, 1.82) is 0 Å². The molecule has 3 heterocycles. The molecule has 0 radical (unpaired) electrons. The molecule has 2 aromatic heterocycles. The lowest BCUT2D eigenvalue weighted by atomic mass is 9.98. The van der Waals surface area contributed by atoms with Crippen LogP contribution in [-0.4, -0.2) is 51.3 Å². The molecule has 0 atom stereocenters. The van der Waals surface area contributed by atoms with Gasteiger partial charge in [-0.1, -0.05) is 42.8 Å². The minimum atomic E-state index is -0.705. The number of urea groups is 1. The number of hydrogen-bond acceptors (Lipinski definition) is 7. The summed E-state index contributed by atoms with van der Waals surface area (Å²) in [4.78, 5) is 47.8. The van der Waals surface area contributed by atoms with Crippen LogP contribution in [0.1, 0.15) is 48.2 Å². The first-order valence-electron chi connectivity index (χ1n) is 11.4. The Morgan fingerprint density at radius 2 is 1.91 bits per heavy atom. The average molecular weight is 480 g/mol. The molecule has 34 heavy (non-hydrogen) atoms. The largest absolute Gasteiger partial charge is 0.451 e. The molecule has 1 spiro atoms. The number of benzene rings is 1. The minimum absolute atomic E-state index is 0.138. The summed E-state index contributed by atoms with van der Waals surface area (Å²) in [7, 11) is 0. The van der Waals surface area contributed by atoms with Gasteiger partial charge in [-0.25, -0.2) is 14.8 Å².